The average Bonchev–Trinajstić information content (AvgIpc) is 2.82. The Hall–Kier alpha value is -2.05. The Morgan fingerprint density at radius 3 is 2.68 bits per heavy atom. The largest absolute Gasteiger partial charge is 0.356 e. The van der Waals surface area contributed by atoms with Crippen LogP contribution in [0.3, 0.4) is 0 Å². The molecule has 22 heavy (non-hydrogen) atoms. The number of nitrogens with zero attached hydrogens (tertiary/aromatic N) is 3. The van der Waals surface area contributed by atoms with Gasteiger partial charge in [0.15, 0.2) is 11.2 Å². The van der Waals surface area contributed by atoms with Gasteiger partial charge in [0.25, 0.3) is 5.56 Å². The Kier molecular flexibility index (Phi) is 5.05. The maximum atomic E-state index is 12.2. The summed E-state index contributed by atoms with van der Waals surface area (Å²) in [6.07, 6.45) is 3.05. The molecule has 2 aromatic rings. The number of hydrogen-bond acceptors (Lipinski definition) is 4. The highest BCUT2D eigenvalue weighted by atomic mass is 16.2. The van der Waals surface area contributed by atoms with Crippen molar-refractivity contribution in [3.8, 4) is 0 Å². The van der Waals surface area contributed by atoms with Gasteiger partial charge >= 0.3 is 5.69 Å². The Morgan fingerprint density at radius 1 is 1.32 bits per heavy atom. The van der Waals surface area contributed by atoms with Crippen molar-refractivity contribution in [1.29, 1.82) is 0 Å². The Morgan fingerprint density at radius 2 is 2.05 bits per heavy atom. The van der Waals surface area contributed by atoms with Crippen molar-refractivity contribution in [2.24, 2.45) is 13.0 Å². The summed E-state index contributed by atoms with van der Waals surface area (Å²) in [4.78, 5) is 30.8. The summed E-state index contributed by atoms with van der Waals surface area (Å²) in [6, 6.07) is 0. The van der Waals surface area contributed by atoms with E-state index in [-0.39, 0.29) is 5.56 Å². The van der Waals surface area contributed by atoms with Gasteiger partial charge in [-0.25, -0.2) is 4.79 Å². The van der Waals surface area contributed by atoms with Crippen LogP contribution in [0.15, 0.2) is 9.59 Å². The molecule has 0 atom stereocenters. The molecule has 2 N–H and O–H groups in total. The summed E-state index contributed by atoms with van der Waals surface area (Å²) >= 11 is 0. The second-order valence-electron chi connectivity index (χ2n) is 6.04. The SMILES string of the molecule is CCCCNc1nc2c(c(=O)[nH]c(=O)n2C)n1CCC(C)C. The maximum absolute atomic E-state index is 12.2. The molecule has 0 fully saturated rings. The first-order valence-electron chi connectivity index (χ1n) is 7.89. The Balaban J connectivity index is 2.53. The molecule has 0 amide bonds. The molecule has 2 aromatic heterocycles. The topological polar surface area (TPSA) is 84.7 Å². The van der Waals surface area contributed by atoms with E-state index in [0.717, 1.165) is 25.8 Å². The number of H-pyrrole nitrogens is 1. The number of nitrogens with one attached hydrogen (secondary N) is 2. The normalized spacial score (nSPS) is 11.5. The van der Waals surface area contributed by atoms with E-state index in [1.165, 1.54) is 4.57 Å². The van der Waals surface area contributed by atoms with Crippen molar-refractivity contribution < 1.29 is 0 Å². The number of hydrogen-bond donors (Lipinski definition) is 2. The van der Waals surface area contributed by atoms with Gasteiger partial charge in [-0.3, -0.25) is 14.3 Å². The second-order valence-corrected chi connectivity index (χ2v) is 6.04. The predicted octanol–water partition coefficient (Wildman–Crippen LogP) is 1.68. The molecule has 2 heterocycles. The van der Waals surface area contributed by atoms with E-state index in [4.69, 9.17) is 0 Å². The van der Waals surface area contributed by atoms with E-state index < -0.39 is 5.69 Å². The number of aryl methyl sites for hydroxylation is 2. The van der Waals surface area contributed by atoms with Gasteiger partial charge in [0.05, 0.1) is 0 Å². The zero-order chi connectivity index (χ0) is 16.3. The van der Waals surface area contributed by atoms with Crippen molar-refractivity contribution in [2.75, 3.05) is 11.9 Å². The van der Waals surface area contributed by atoms with Gasteiger partial charge in [-0.1, -0.05) is 27.2 Å². The van der Waals surface area contributed by atoms with Gasteiger partial charge in [0, 0.05) is 20.1 Å². The monoisotopic (exact) mass is 307 g/mol. The minimum Gasteiger partial charge on any atom is -0.356 e. The molecule has 7 nitrogen and oxygen atoms in total. The van der Waals surface area contributed by atoms with Crippen LogP contribution in [0, 0.1) is 5.92 Å². The summed E-state index contributed by atoms with van der Waals surface area (Å²) < 4.78 is 3.27. The van der Waals surface area contributed by atoms with Gasteiger partial charge in [-0.05, 0) is 18.8 Å². The molecule has 7 heteroatoms. The van der Waals surface area contributed by atoms with Crippen LogP contribution in [0.4, 0.5) is 5.95 Å². The number of fused-ring (bicyclic) bond motifs is 1. The number of rotatable bonds is 7. The molecule has 0 unspecified atom stereocenters. The highest BCUT2D eigenvalue weighted by Gasteiger charge is 2.17. The van der Waals surface area contributed by atoms with Gasteiger partial charge in [-0.2, -0.15) is 4.98 Å². The van der Waals surface area contributed by atoms with Crippen LogP contribution in [-0.4, -0.2) is 25.6 Å². The third-order valence-corrected chi connectivity index (χ3v) is 3.75. The van der Waals surface area contributed by atoms with Crippen LogP contribution >= 0.6 is 0 Å². The van der Waals surface area contributed by atoms with Gasteiger partial charge in [-0.15, -0.1) is 0 Å². The standard InChI is InChI=1S/C15H25N5O2/c1-5-6-8-16-14-17-12-11(20(14)9-7-10(2)3)13(21)18-15(22)19(12)4/h10H,5-9H2,1-4H3,(H,16,17)(H,18,21,22). The summed E-state index contributed by atoms with van der Waals surface area (Å²) in [5.74, 6) is 1.18. The van der Waals surface area contributed by atoms with E-state index >= 15 is 0 Å². The first-order chi connectivity index (χ1) is 10.5. The lowest BCUT2D eigenvalue weighted by Crippen LogP contribution is -2.29. The predicted molar refractivity (Wildman–Crippen MR) is 88.4 cm³/mol. The van der Waals surface area contributed by atoms with Crippen LogP contribution in [0.2, 0.25) is 0 Å². The highest BCUT2D eigenvalue weighted by molar-refractivity contribution is 5.74. The van der Waals surface area contributed by atoms with Gasteiger partial charge in [0.2, 0.25) is 5.95 Å². The quantitative estimate of drug-likeness (QED) is 0.762. The number of unbranched alkanes of at least 4 members (excludes halogenated alkanes) is 1. The minimum absolute atomic E-state index is 0.377. The van der Waals surface area contributed by atoms with Crippen LogP contribution < -0.4 is 16.6 Å². The van der Waals surface area contributed by atoms with Gasteiger partial charge < -0.3 is 9.88 Å². The van der Waals surface area contributed by atoms with Crippen molar-refractivity contribution in [3.63, 3.8) is 0 Å². The van der Waals surface area contributed by atoms with Crippen molar-refractivity contribution in [2.45, 2.75) is 46.6 Å². The lowest BCUT2D eigenvalue weighted by atomic mass is 10.1. The van der Waals surface area contributed by atoms with Crippen LogP contribution in [0.25, 0.3) is 11.2 Å². The van der Waals surface area contributed by atoms with Crippen LogP contribution in [0.1, 0.15) is 40.0 Å². The van der Waals surface area contributed by atoms with Crippen molar-refractivity contribution >= 4 is 17.1 Å². The van der Waals surface area contributed by atoms with Crippen LogP contribution in [0.5, 0.6) is 0 Å². The summed E-state index contributed by atoms with van der Waals surface area (Å²) in [5, 5.41) is 3.28. The van der Waals surface area contributed by atoms with E-state index in [2.05, 4.69) is 36.1 Å². The number of anilines is 1. The summed E-state index contributed by atoms with van der Waals surface area (Å²) in [5.41, 5.74) is 0.0715. The second kappa shape index (κ2) is 6.81. The molecule has 0 saturated heterocycles. The molecular weight excluding hydrogens is 282 g/mol. The van der Waals surface area contributed by atoms with Gasteiger partial charge in [0.1, 0.15) is 0 Å². The lowest BCUT2D eigenvalue weighted by molar-refractivity contribution is 0.524. The average molecular weight is 307 g/mol. The molecule has 0 radical (unpaired) electrons. The van der Waals surface area contributed by atoms with Crippen molar-refractivity contribution in [3.05, 3.63) is 20.8 Å². The minimum atomic E-state index is -0.439. The Bertz CT molecular complexity index is 754. The number of aromatic nitrogens is 4. The third-order valence-electron chi connectivity index (χ3n) is 3.75. The van der Waals surface area contributed by atoms with E-state index in [1.807, 2.05) is 4.57 Å². The van der Waals surface area contributed by atoms with E-state index in [9.17, 15) is 9.59 Å². The molecule has 0 aliphatic rings. The summed E-state index contributed by atoms with van der Waals surface area (Å²) in [7, 11) is 1.62. The molecule has 0 aliphatic heterocycles. The number of imidazole rings is 1. The van der Waals surface area contributed by atoms with Crippen LogP contribution in [-0.2, 0) is 13.6 Å². The molecule has 0 bridgehead atoms. The molecule has 0 spiro atoms. The molecule has 122 valence electrons. The fraction of sp³-hybridized carbons (Fsp3) is 0.667. The Labute approximate surface area is 129 Å². The fourth-order valence-corrected chi connectivity index (χ4v) is 2.35. The third kappa shape index (κ3) is 3.23. The molecule has 2 rings (SSSR count). The highest BCUT2D eigenvalue weighted by Crippen LogP contribution is 2.17. The number of aromatic amines is 1. The molecule has 0 saturated carbocycles. The zero-order valence-electron chi connectivity index (χ0n) is 13.8. The molecule has 0 aromatic carbocycles. The first kappa shape index (κ1) is 16.3. The molecule has 0 aliphatic carbocycles. The molecular formula is C15H25N5O2. The zero-order valence-corrected chi connectivity index (χ0v) is 13.8. The first-order valence-corrected chi connectivity index (χ1v) is 7.89. The fourth-order valence-electron chi connectivity index (χ4n) is 2.35. The van der Waals surface area contributed by atoms with E-state index in [1.54, 1.807) is 7.05 Å². The lowest BCUT2D eigenvalue weighted by Gasteiger charge is -2.11. The summed E-state index contributed by atoms with van der Waals surface area (Å²) in [6.45, 7) is 7.90. The van der Waals surface area contributed by atoms with E-state index in [0.29, 0.717) is 29.6 Å². The smallest absolute Gasteiger partial charge is 0.329 e. The maximum Gasteiger partial charge on any atom is 0.329 e. The van der Waals surface area contributed by atoms with Crippen molar-refractivity contribution in [1.82, 2.24) is 19.1 Å².